The summed E-state index contributed by atoms with van der Waals surface area (Å²) in [6, 6.07) is 11.4. The molecule has 2 heterocycles. The number of carbonyl (C=O) groups excluding carboxylic acids is 1. The first kappa shape index (κ1) is 16.4. The highest BCUT2D eigenvalue weighted by Gasteiger charge is 2.23. The monoisotopic (exact) mass is 328 g/mol. The van der Waals surface area contributed by atoms with Crippen LogP contribution in [0.25, 0.3) is 0 Å². The van der Waals surface area contributed by atoms with Crippen molar-refractivity contribution in [3.63, 3.8) is 0 Å². The molecule has 0 spiro atoms. The van der Waals surface area contributed by atoms with Crippen LogP contribution in [0.1, 0.15) is 12.1 Å². The lowest BCUT2D eigenvalue weighted by atomic mass is 10.1. The standard InChI is InChI=1S/C18H21FN4O/c19-15-4-6-16(7-5-15)22-18(24)21-11-14-8-10-23(12-14)13-17-3-1-2-9-20-17/h1-7,9,14H,8,10-13H2,(H2,21,22,24). The third kappa shape index (κ3) is 4.76. The number of hydrogen-bond donors (Lipinski definition) is 2. The van der Waals surface area contributed by atoms with Crippen molar-refractivity contribution in [2.75, 3.05) is 25.0 Å². The average molecular weight is 328 g/mol. The molecule has 3 rings (SSSR count). The predicted octanol–water partition coefficient (Wildman–Crippen LogP) is 2.86. The molecule has 1 aliphatic heterocycles. The van der Waals surface area contributed by atoms with Crippen molar-refractivity contribution in [2.24, 2.45) is 5.92 Å². The molecule has 1 aliphatic rings. The molecule has 1 saturated heterocycles. The summed E-state index contributed by atoms with van der Waals surface area (Å²) in [5, 5.41) is 5.59. The van der Waals surface area contributed by atoms with Gasteiger partial charge in [0.05, 0.1) is 5.69 Å². The zero-order valence-corrected chi connectivity index (χ0v) is 13.4. The van der Waals surface area contributed by atoms with E-state index in [2.05, 4.69) is 20.5 Å². The van der Waals surface area contributed by atoms with Gasteiger partial charge in [-0.15, -0.1) is 0 Å². The van der Waals surface area contributed by atoms with Crippen molar-refractivity contribution in [1.29, 1.82) is 0 Å². The number of hydrogen-bond acceptors (Lipinski definition) is 3. The maximum absolute atomic E-state index is 12.8. The second kappa shape index (κ2) is 7.88. The van der Waals surface area contributed by atoms with E-state index in [0.29, 0.717) is 18.2 Å². The number of amides is 2. The smallest absolute Gasteiger partial charge is 0.319 e. The molecule has 0 saturated carbocycles. The molecule has 126 valence electrons. The zero-order valence-electron chi connectivity index (χ0n) is 13.4. The van der Waals surface area contributed by atoms with E-state index in [1.165, 1.54) is 12.1 Å². The van der Waals surface area contributed by atoms with Gasteiger partial charge in [0.25, 0.3) is 0 Å². The van der Waals surface area contributed by atoms with Crippen LogP contribution in [0.2, 0.25) is 0 Å². The summed E-state index contributed by atoms with van der Waals surface area (Å²) in [6.45, 7) is 3.45. The van der Waals surface area contributed by atoms with E-state index in [1.54, 1.807) is 12.1 Å². The first-order valence-electron chi connectivity index (χ1n) is 8.12. The van der Waals surface area contributed by atoms with E-state index < -0.39 is 0 Å². The van der Waals surface area contributed by atoms with Gasteiger partial charge < -0.3 is 10.6 Å². The Morgan fingerprint density at radius 3 is 2.83 bits per heavy atom. The van der Waals surface area contributed by atoms with Gasteiger partial charge in [-0.05, 0) is 55.3 Å². The highest BCUT2D eigenvalue weighted by molar-refractivity contribution is 5.89. The molecule has 6 heteroatoms. The Hall–Kier alpha value is -2.47. The Bertz CT molecular complexity index is 662. The van der Waals surface area contributed by atoms with Gasteiger partial charge in [-0.1, -0.05) is 6.07 Å². The summed E-state index contributed by atoms with van der Waals surface area (Å²) in [4.78, 5) is 18.6. The van der Waals surface area contributed by atoms with Crippen LogP contribution in [-0.4, -0.2) is 35.5 Å². The fraction of sp³-hybridized carbons (Fsp3) is 0.333. The van der Waals surface area contributed by atoms with E-state index in [4.69, 9.17) is 0 Å². The van der Waals surface area contributed by atoms with Crippen LogP contribution in [0.3, 0.4) is 0 Å². The molecule has 2 amide bonds. The van der Waals surface area contributed by atoms with Gasteiger partial charge in [0.1, 0.15) is 5.82 Å². The largest absolute Gasteiger partial charge is 0.338 e. The fourth-order valence-corrected chi connectivity index (χ4v) is 2.89. The van der Waals surface area contributed by atoms with Crippen molar-refractivity contribution >= 4 is 11.7 Å². The third-order valence-corrected chi connectivity index (χ3v) is 4.14. The number of benzene rings is 1. The van der Waals surface area contributed by atoms with E-state index in [1.807, 2.05) is 24.4 Å². The van der Waals surface area contributed by atoms with Gasteiger partial charge in [0.2, 0.25) is 0 Å². The van der Waals surface area contributed by atoms with E-state index >= 15 is 0 Å². The zero-order chi connectivity index (χ0) is 16.8. The number of nitrogens with zero attached hydrogens (tertiary/aromatic N) is 2. The summed E-state index contributed by atoms with van der Waals surface area (Å²) < 4.78 is 12.8. The summed E-state index contributed by atoms with van der Waals surface area (Å²) in [5.74, 6) is 0.118. The van der Waals surface area contributed by atoms with Gasteiger partial charge in [0.15, 0.2) is 0 Å². The highest BCUT2D eigenvalue weighted by atomic mass is 19.1. The maximum atomic E-state index is 12.8. The minimum atomic E-state index is -0.320. The summed E-state index contributed by atoms with van der Waals surface area (Å²) in [7, 11) is 0. The van der Waals surface area contributed by atoms with Crippen LogP contribution in [0, 0.1) is 11.7 Å². The SMILES string of the molecule is O=C(NCC1CCN(Cc2ccccn2)C1)Nc1ccc(F)cc1. The van der Waals surface area contributed by atoms with Crippen LogP contribution < -0.4 is 10.6 Å². The Labute approximate surface area is 140 Å². The van der Waals surface area contributed by atoms with Gasteiger partial charge in [-0.25, -0.2) is 9.18 Å². The van der Waals surface area contributed by atoms with Crippen LogP contribution in [0.15, 0.2) is 48.7 Å². The number of nitrogens with one attached hydrogen (secondary N) is 2. The van der Waals surface area contributed by atoms with Crippen LogP contribution in [0.4, 0.5) is 14.9 Å². The molecule has 5 nitrogen and oxygen atoms in total. The van der Waals surface area contributed by atoms with Crippen LogP contribution >= 0.6 is 0 Å². The molecular weight excluding hydrogens is 307 g/mol. The first-order valence-corrected chi connectivity index (χ1v) is 8.12. The lowest BCUT2D eigenvalue weighted by Crippen LogP contribution is -2.34. The van der Waals surface area contributed by atoms with Crippen molar-refractivity contribution in [2.45, 2.75) is 13.0 Å². The Morgan fingerprint density at radius 1 is 1.25 bits per heavy atom. The molecule has 24 heavy (non-hydrogen) atoms. The highest BCUT2D eigenvalue weighted by Crippen LogP contribution is 2.17. The number of halogens is 1. The number of rotatable bonds is 5. The van der Waals surface area contributed by atoms with E-state index in [-0.39, 0.29) is 11.8 Å². The second-order valence-electron chi connectivity index (χ2n) is 6.05. The Balaban J connectivity index is 1.39. The van der Waals surface area contributed by atoms with Gasteiger partial charge >= 0.3 is 6.03 Å². The van der Waals surface area contributed by atoms with E-state index in [9.17, 15) is 9.18 Å². The summed E-state index contributed by atoms with van der Waals surface area (Å²) in [5.41, 5.74) is 1.65. The topological polar surface area (TPSA) is 57.3 Å². The van der Waals surface area contributed by atoms with Crippen molar-refractivity contribution < 1.29 is 9.18 Å². The summed E-state index contributed by atoms with van der Waals surface area (Å²) >= 11 is 0. The molecule has 0 aliphatic carbocycles. The summed E-state index contributed by atoms with van der Waals surface area (Å²) in [6.07, 6.45) is 2.87. The number of anilines is 1. The van der Waals surface area contributed by atoms with Crippen molar-refractivity contribution in [1.82, 2.24) is 15.2 Å². The number of urea groups is 1. The molecule has 0 bridgehead atoms. The number of likely N-dealkylation sites (tertiary alicyclic amines) is 1. The first-order chi connectivity index (χ1) is 11.7. The second-order valence-corrected chi connectivity index (χ2v) is 6.05. The molecule has 0 radical (unpaired) electrons. The van der Waals surface area contributed by atoms with E-state index in [0.717, 1.165) is 31.7 Å². The van der Waals surface area contributed by atoms with Crippen molar-refractivity contribution in [3.05, 3.63) is 60.2 Å². The molecule has 2 N–H and O–H groups in total. The number of pyridine rings is 1. The molecule has 1 aromatic heterocycles. The maximum Gasteiger partial charge on any atom is 0.319 e. The molecular formula is C18H21FN4O. The van der Waals surface area contributed by atoms with Crippen molar-refractivity contribution in [3.8, 4) is 0 Å². The molecule has 1 fully saturated rings. The lowest BCUT2D eigenvalue weighted by Gasteiger charge is -2.16. The van der Waals surface area contributed by atoms with Gasteiger partial charge in [-0.3, -0.25) is 9.88 Å². The molecule has 2 aromatic rings. The minimum Gasteiger partial charge on any atom is -0.338 e. The molecule has 1 atom stereocenters. The number of carbonyl (C=O) groups is 1. The molecule has 1 aromatic carbocycles. The lowest BCUT2D eigenvalue weighted by molar-refractivity contribution is 0.249. The average Bonchev–Trinajstić information content (AvgIpc) is 3.03. The molecule has 1 unspecified atom stereocenters. The Morgan fingerprint density at radius 2 is 2.08 bits per heavy atom. The normalized spacial score (nSPS) is 17.6. The fourth-order valence-electron chi connectivity index (χ4n) is 2.89. The predicted molar refractivity (Wildman–Crippen MR) is 91.0 cm³/mol. The van der Waals surface area contributed by atoms with Gasteiger partial charge in [0, 0.05) is 31.5 Å². The number of aromatic nitrogens is 1. The van der Waals surface area contributed by atoms with Crippen LogP contribution in [-0.2, 0) is 6.54 Å². The van der Waals surface area contributed by atoms with Gasteiger partial charge in [-0.2, -0.15) is 0 Å². The van der Waals surface area contributed by atoms with Crippen LogP contribution in [0.5, 0.6) is 0 Å². The Kier molecular flexibility index (Phi) is 5.38. The minimum absolute atomic E-state index is 0.259. The third-order valence-electron chi connectivity index (χ3n) is 4.14. The quantitative estimate of drug-likeness (QED) is 0.887.